The SMILES string of the molecule is CC(C)(C)C1=C2CCC3(OCCO3)C2=C(C(C)(C)C)C1. The van der Waals surface area contributed by atoms with Gasteiger partial charge in [0.2, 0.25) is 0 Å². The quantitative estimate of drug-likeness (QED) is 0.643. The molecule has 0 amide bonds. The molecule has 1 saturated heterocycles. The van der Waals surface area contributed by atoms with Crippen LogP contribution in [0.2, 0.25) is 0 Å². The summed E-state index contributed by atoms with van der Waals surface area (Å²) in [6.07, 6.45) is 3.21. The first-order valence-electron chi connectivity index (χ1n) is 7.90. The lowest BCUT2D eigenvalue weighted by molar-refractivity contribution is -0.120. The molecule has 2 aliphatic carbocycles. The van der Waals surface area contributed by atoms with Crippen LogP contribution in [-0.2, 0) is 9.47 Å². The van der Waals surface area contributed by atoms with Gasteiger partial charge in [0.15, 0.2) is 5.79 Å². The van der Waals surface area contributed by atoms with Gasteiger partial charge in [0.05, 0.1) is 13.2 Å². The van der Waals surface area contributed by atoms with Gasteiger partial charge in [-0.25, -0.2) is 0 Å². The zero-order valence-corrected chi connectivity index (χ0v) is 13.9. The Bertz CT molecular complexity index is 488. The zero-order valence-electron chi connectivity index (χ0n) is 13.9. The highest BCUT2D eigenvalue weighted by Crippen LogP contribution is 2.58. The molecule has 1 aliphatic heterocycles. The van der Waals surface area contributed by atoms with Crippen molar-refractivity contribution in [1.29, 1.82) is 0 Å². The van der Waals surface area contributed by atoms with Crippen molar-refractivity contribution in [3.8, 4) is 0 Å². The molecule has 0 aromatic carbocycles. The summed E-state index contributed by atoms with van der Waals surface area (Å²) in [7, 11) is 0. The van der Waals surface area contributed by atoms with Crippen LogP contribution in [0, 0.1) is 10.8 Å². The lowest BCUT2D eigenvalue weighted by Crippen LogP contribution is -2.30. The number of allylic oxidation sites excluding steroid dienone is 2. The number of ether oxygens (including phenoxy) is 2. The zero-order chi connectivity index (χ0) is 14.8. The van der Waals surface area contributed by atoms with E-state index in [1.807, 2.05) is 0 Å². The molecule has 0 radical (unpaired) electrons. The molecule has 3 aliphatic rings. The van der Waals surface area contributed by atoms with Crippen molar-refractivity contribution < 1.29 is 9.47 Å². The summed E-state index contributed by atoms with van der Waals surface area (Å²) in [5, 5.41) is 0. The number of hydrogen-bond acceptors (Lipinski definition) is 2. The molecule has 1 spiro atoms. The van der Waals surface area contributed by atoms with Crippen molar-refractivity contribution in [2.45, 2.75) is 66.6 Å². The van der Waals surface area contributed by atoms with Crippen molar-refractivity contribution in [1.82, 2.24) is 0 Å². The first-order valence-corrected chi connectivity index (χ1v) is 7.90. The van der Waals surface area contributed by atoms with Gasteiger partial charge in [0.25, 0.3) is 0 Å². The second kappa shape index (κ2) is 4.20. The van der Waals surface area contributed by atoms with Crippen LogP contribution in [0.5, 0.6) is 0 Å². The molecule has 0 aromatic rings. The van der Waals surface area contributed by atoms with Gasteiger partial charge >= 0.3 is 0 Å². The molecule has 2 fully saturated rings. The maximum Gasteiger partial charge on any atom is 0.195 e. The monoisotopic (exact) mass is 276 g/mol. The Morgan fingerprint density at radius 1 is 0.850 bits per heavy atom. The highest BCUT2D eigenvalue weighted by molar-refractivity contribution is 5.57. The molecule has 0 bridgehead atoms. The normalized spacial score (nSPS) is 26.1. The minimum Gasteiger partial charge on any atom is -0.343 e. The van der Waals surface area contributed by atoms with Crippen LogP contribution < -0.4 is 0 Å². The Kier molecular flexibility index (Phi) is 3.02. The van der Waals surface area contributed by atoms with Crippen LogP contribution in [0.25, 0.3) is 0 Å². The molecule has 1 saturated carbocycles. The largest absolute Gasteiger partial charge is 0.343 e. The van der Waals surface area contributed by atoms with Gasteiger partial charge < -0.3 is 9.47 Å². The van der Waals surface area contributed by atoms with E-state index in [0.29, 0.717) is 0 Å². The van der Waals surface area contributed by atoms with Gasteiger partial charge in [-0.1, -0.05) is 52.7 Å². The molecule has 3 rings (SSSR count). The Morgan fingerprint density at radius 3 is 1.90 bits per heavy atom. The lowest BCUT2D eigenvalue weighted by atomic mass is 9.78. The second-order valence-electron chi connectivity index (χ2n) is 8.44. The van der Waals surface area contributed by atoms with E-state index >= 15 is 0 Å². The molecule has 0 N–H and O–H groups in total. The van der Waals surface area contributed by atoms with E-state index in [0.717, 1.165) is 32.5 Å². The molecule has 0 unspecified atom stereocenters. The second-order valence-corrected chi connectivity index (χ2v) is 8.44. The summed E-state index contributed by atoms with van der Waals surface area (Å²) in [6.45, 7) is 15.4. The highest BCUT2D eigenvalue weighted by atomic mass is 16.7. The average molecular weight is 276 g/mol. The maximum atomic E-state index is 6.09. The number of hydrogen-bond donors (Lipinski definition) is 0. The fourth-order valence-electron chi connectivity index (χ4n) is 3.96. The van der Waals surface area contributed by atoms with Crippen molar-refractivity contribution in [3.63, 3.8) is 0 Å². The van der Waals surface area contributed by atoms with Crippen LogP contribution in [0.15, 0.2) is 22.3 Å². The molecule has 20 heavy (non-hydrogen) atoms. The van der Waals surface area contributed by atoms with E-state index in [4.69, 9.17) is 9.47 Å². The molecule has 2 nitrogen and oxygen atoms in total. The van der Waals surface area contributed by atoms with E-state index < -0.39 is 5.79 Å². The van der Waals surface area contributed by atoms with Crippen molar-refractivity contribution in [3.05, 3.63) is 22.3 Å². The minimum atomic E-state index is -0.412. The van der Waals surface area contributed by atoms with E-state index in [9.17, 15) is 0 Å². The lowest BCUT2D eigenvalue weighted by Gasteiger charge is -2.30. The van der Waals surface area contributed by atoms with Crippen LogP contribution in [0.4, 0.5) is 0 Å². The van der Waals surface area contributed by atoms with E-state index in [2.05, 4.69) is 41.5 Å². The fraction of sp³-hybridized carbons (Fsp3) is 0.778. The first kappa shape index (κ1) is 14.3. The molecule has 0 atom stereocenters. The van der Waals surface area contributed by atoms with Gasteiger partial charge in [0.1, 0.15) is 0 Å². The predicted molar refractivity (Wildman–Crippen MR) is 81.4 cm³/mol. The number of fused-ring (bicyclic) bond motifs is 2. The summed E-state index contributed by atoms with van der Waals surface area (Å²) < 4.78 is 12.2. The Morgan fingerprint density at radius 2 is 1.40 bits per heavy atom. The van der Waals surface area contributed by atoms with E-state index in [1.54, 1.807) is 11.1 Å². The maximum absolute atomic E-state index is 6.09. The first-order chi connectivity index (χ1) is 9.15. The summed E-state index contributed by atoms with van der Waals surface area (Å²) in [5.74, 6) is -0.412. The van der Waals surface area contributed by atoms with Gasteiger partial charge in [-0.05, 0) is 29.2 Å². The van der Waals surface area contributed by atoms with Crippen LogP contribution in [0.3, 0.4) is 0 Å². The van der Waals surface area contributed by atoms with Crippen LogP contribution in [0.1, 0.15) is 60.8 Å². The van der Waals surface area contributed by atoms with E-state index in [1.165, 1.54) is 11.1 Å². The summed E-state index contributed by atoms with van der Waals surface area (Å²) in [5.41, 5.74) is 6.51. The predicted octanol–water partition coefficient (Wildman–Crippen LogP) is 4.61. The van der Waals surface area contributed by atoms with Gasteiger partial charge in [-0.2, -0.15) is 0 Å². The summed E-state index contributed by atoms with van der Waals surface area (Å²) in [6, 6.07) is 0. The van der Waals surface area contributed by atoms with E-state index in [-0.39, 0.29) is 10.8 Å². The molecule has 112 valence electrons. The van der Waals surface area contributed by atoms with Gasteiger partial charge in [-0.15, -0.1) is 0 Å². The number of rotatable bonds is 0. The highest BCUT2D eigenvalue weighted by Gasteiger charge is 2.52. The molecular weight excluding hydrogens is 248 g/mol. The Balaban J connectivity index is 2.14. The topological polar surface area (TPSA) is 18.5 Å². The Hall–Kier alpha value is -0.600. The van der Waals surface area contributed by atoms with Crippen LogP contribution in [-0.4, -0.2) is 19.0 Å². The van der Waals surface area contributed by atoms with Gasteiger partial charge in [-0.3, -0.25) is 0 Å². The van der Waals surface area contributed by atoms with Gasteiger partial charge in [0, 0.05) is 12.0 Å². The van der Waals surface area contributed by atoms with Crippen molar-refractivity contribution in [2.24, 2.45) is 10.8 Å². The van der Waals surface area contributed by atoms with Crippen molar-refractivity contribution >= 4 is 0 Å². The molecule has 2 heteroatoms. The average Bonchev–Trinajstić information content (AvgIpc) is 2.96. The minimum absolute atomic E-state index is 0.181. The third-order valence-corrected chi connectivity index (χ3v) is 4.97. The van der Waals surface area contributed by atoms with Crippen LogP contribution >= 0.6 is 0 Å². The Labute approximate surface area is 123 Å². The molecular formula is C18H28O2. The molecule has 1 heterocycles. The standard InChI is InChI=1S/C18H28O2/c1-16(2,3)13-11-14(17(4,5)6)15-12(13)7-8-18(15)19-9-10-20-18/h7-11H2,1-6H3. The molecule has 0 aromatic heterocycles. The fourth-order valence-corrected chi connectivity index (χ4v) is 3.96. The third kappa shape index (κ3) is 2.00. The summed E-state index contributed by atoms with van der Waals surface area (Å²) >= 11 is 0. The van der Waals surface area contributed by atoms with Crippen molar-refractivity contribution in [2.75, 3.05) is 13.2 Å². The third-order valence-electron chi connectivity index (χ3n) is 4.97. The summed E-state index contributed by atoms with van der Waals surface area (Å²) in [4.78, 5) is 0. The smallest absolute Gasteiger partial charge is 0.195 e.